The van der Waals surface area contributed by atoms with E-state index in [-0.39, 0.29) is 17.4 Å². The first-order valence-corrected chi connectivity index (χ1v) is 6.09. The van der Waals surface area contributed by atoms with Gasteiger partial charge in [-0.05, 0) is 30.9 Å². The lowest BCUT2D eigenvalue weighted by Gasteiger charge is -2.30. The molecule has 0 aromatic heterocycles. The summed E-state index contributed by atoms with van der Waals surface area (Å²) in [6.07, 6.45) is 4.38. The molecular formula is C13H18F2N2. The Morgan fingerprint density at radius 1 is 1.18 bits per heavy atom. The molecule has 2 nitrogen and oxygen atoms in total. The standard InChI is InChI=1S/C13H18F2N2/c1-8-4-2-3-5-12(8)17-13-10(14)6-9(16)7-11(13)15/h6-8,12,17H,2-5,16H2,1H3. The van der Waals surface area contributed by atoms with Gasteiger partial charge in [0.25, 0.3) is 0 Å². The van der Waals surface area contributed by atoms with Gasteiger partial charge < -0.3 is 11.1 Å². The van der Waals surface area contributed by atoms with Crippen LogP contribution in [0, 0.1) is 17.6 Å². The highest BCUT2D eigenvalue weighted by atomic mass is 19.1. The van der Waals surface area contributed by atoms with Gasteiger partial charge in [0.05, 0.1) is 0 Å². The summed E-state index contributed by atoms with van der Waals surface area (Å²) < 4.78 is 27.2. The molecule has 1 saturated carbocycles. The number of hydrogen-bond donors (Lipinski definition) is 2. The van der Waals surface area contributed by atoms with Crippen molar-refractivity contribution < 1.29 is 8.78 Å². The minimum atomic E-state index is -0.611. The van der Waals surface area contributed by atoms with Crippen molar-refractivity contribution in [3.63, 3.8) is 0 Å². The van der Waals surface area contributed by atoms with Gasteiger partial charge in [-0.3, -0.25) is 0 Å². The lowest BCUT2D eigenvalue weighted by Crippen LogP contribution is -2.31. The highest BCUT2D eigenvalue weighted by Gasteiger charge is 2.23. The number of nitrogens with one attached hydrogen (secondary N) is 1. The van der Waals surface area contributed by atoms with Crippen molar-refractivity contribution in [1.29, 1.82) is 0 Å². The molecular weight excluding hydrogens is 222 g/mol. The Hall–Kier alpha value is -1.32. The zero-order chi connectivity index (χ0) is 12.4. The smallest absolute Gasteiger partial charge is 0.151 e. The van der Waals surface area contributed by atoms with Crippen LogP contribution < -0.4 is 11.1 Å². The molecule has 1 aromatic rings. The molecule has 94 valence electrons. The number of hydrogen-bond acceptors (Lipinski definition) is 2. The topological polar surface area (TPSA) is 38.0 Å². The number of anilines is 2. The van der Waals surface area contributed by atoms with Crippen LogP contribution in [0.25, 0.3) is 0 Å². The van der Waals surface area contributed by atoms with Crippen LogP contribution in [-0.2, 0) is 0 Å². The Balaban J connectivity index is 2.17. The van der Waals surface area contributed by atoms with Gasteiger partial charge in [0, 0.05) is 11.7 Å². The summed E-state index contributed by atoms with van der Waals surface area (Å²) in [7, 11) is 0. The van der Waals surface area contributed by atoms with Crippen LogP contribution in [0.3, 0.4) is 0 Å². The lowest BCUT2D eigenvalue weighted by atomic mass is 9.86. The summed E-state index contributed by atoms with van der Waals surface area (Å²) in [6, 6.07) is 2.45. The molecule has 1 aromatic carbocycles. The first kappa shape index (κ1) is 12.1. The molecule has 0 bridgehead atoms. The minimum absolute atomic E-state index is 0.0436. The van der Waals surface area contributed by atoms with E-state index in [1.165, 1.54) is 6.42 Å². The predicted octanol–water partition coefficient (Wildman–Crippen LogP) is 3.54. The minimum Gasteiger partial charge on any atom is -0.399 e. The van der Waals surface area contributed by atoms with Gasteiger partial charge in [0.2, 0.25) is 0 Å². The fraction of sp³-hybridized carbons (Fsp3) is 0.538. The van der Waals surface area contributed by atoms with E-state index in [4.69, 9.17) is 5.73 Å². The van der Waals surface area contributed by atoms with Gasteiger partial charge in [-0.15, -0.1) is 0 Å². The van der Waals surface area contributed by atoms with Crippen molar-refractivity contribution in [1.82, 2.24) is 0 Å². The van der Waals surface area contributed by atoms with E-state index in [1.807, 2.05) is 0 Å². The maximum atomic E-state index is 13.6. The maximum absolute atomic E-state index is 13.6. The molecule has 2 unspecified atom stereocenters. The van der Waals surface area contributed by atoms with Crippen molar-refractivity contribution in [3.05, 3.63) is 23.8 Å². The van der Waals surface area contributed by atoms with E-state index in [2.05, 4.69) is 12.2 Å². The predicted molar refractivity (Wildman–Crippen MR) is 65.8 cm³/mol. The molecule has 1 aliphatic carbocycles. The van der Waals surface area contributed by atoms with Crippen molar-refractivity contribution in [3.8, 4) is 0 Å². The van der Waals surface area contributed by atoms with E-state index >= 15 is 0 Å². The van der Waals surface area contributed by atoms with Gasteiger partial charge in [-0.1, -0.05) is 19.8 Å². The Morgan fingerprint density at radius 3 is 2.35 bits per heavy atom. The molecule has 0 saturated heterocycles. The fourth-order valence-electron chi connectivity index (χ4n) is 2.45. The van der Waals surface area contributed by atoms with E-state index in [1.54, 1.807) is 0 Å². The SMILES string of the molecule is CC1CCCCC1Nc1c(F)cc(N)cc1F. The second-order valence-corrected chi connectivity index (χ2v) is 4.87. The number of halogens is 2. The van der Waals surface area contributed by atoms with Crippen LogP contribution in [0.1, 0.15) is 32.6 Å². The third-order valence-electron chi connectivity index (χ3n) is 3.51. The Labute approximate surface area is 100 Å². The molecule has 1 aliphatic rings. The second kappa shape index (κ2) is 4.90. The summed E-state index contributed by atoms with van der Waals surface area (Å²) in [6.45, 7) is 2.12. The quantitative estimate of drug-likeness (QED) is 0.776. The highest BCUT2D eigenvalue weighted by molar-refractivity contribution is 5.54. The van der Waals surface area contributed by atoms with E-state index < -0.39 is 11.6 Å². The Kier molecular flexibility index (Phi) is 3.50. The number of benzene rings is 1. The molecule has 1 fully saturated rings. The number of rotatable bonds is 2. The van der Waals surface area contributed by atoms with Crippen molar-refractivity contribution in [2.24, 2.45) is 5.92 Å². The van der Waals surface area contributed by atoms with Crippen LogP contribution in [0.4, 0.5) is 20.2 Å². The first-order valence-electron chi connectivity index (χ1n) is 6.09. The first-order chi connectivity index (χ1) is 8.08. The van der Waals surface area contributed by atoms with Crippen molar-refractivity contribution in [2.75, 3.05) is 11.1 Å². The average molecular weight is 240 g/mol. The Bertz CT molecular complexity index is 383. The Morgan fingerprint density at radius 2 is 1.76 bits per heavy atom. The van der Waals surface area contributed by atoms with Crippen LogP contribution in [-0.4, -0.2) is 6.04 Å². The van der Waals surface area contributed by atoms with Crippen LogP contribution in [0.15, 0.2) is 12.1 Å². The maximum Gasteiger partial charge on any atom is 0.151 e. The summed E-state index contributed by atoms with van der Waals surface area (Å²) in [5, 5.41) is 2.99. The molecule has 4 heteroatoms. The number of nitrogen functional groups attached to an aromatic ring is 1. The van der Waals surface area contributed by atoms with Crippen LogP contribution in [0.2, 0.25) is 0 Å². The monoisotopic (exact) mass is 240 g/mol. The molecule has 3 N–H and O–H groups in total. The molecule has 0 radical (unpaired) electrons. The molecule has 0 spiro atoms. The van der Waals surface area contributed by atoms with E-state index in [0.717, 1.165) is 31.4 Å². The van der Waals surface area contributed by atoms with Gasteiger partial charge in [0.1, 0.15) is 5.69 Å². The van der Waals surface area contributed by atoms with Gasteiger partial charge in [-0.2, -0.15) is 0 Å². The molecule has 2 atom stereocenters. The second-order valence-electron chi connectivity index (χ2n) is 4.87. The third kappa shape index (κ3) is 2.68. The van der Waals surface area contributed by atoms with Gasteiger partial charge in [0.15, 0.2) is 11.6 Å². The molecule has 0 aliphatic heterocycles. The summed E-state index contributed by atoms with van der Waals surface area (Å²) in [4.78, 5) is 0. The summed E-state index contributed by atoms with van der Waals surface area (Å²) >= 11 is 0. The summed E-state index contributed by atoms with van der Waals surface area (Å²) in [5.41, 5.74) is 5.45. The third-order valence-corrected chi connectivity index (χ3v) is 3.51. The highest BCUT2D eigenvalue weighted by Crippen LogP contribution is 2.29. The summed E-state index contributed by atoms with van der Waals surface area (Å²) in [5.74, 6) is -0.777. The van der Waals surface area contributed by atoms with Crippen LogP contribution >= 0.6 is 0 Å². The average Bonchev–Trinajstić information content (AvgIpc) is 2.25. The van der Waals surface area contributed by atoms with E-state index in [9.17, 15) is 8.78 Å². The van der Waals surface area contributed by atoms with E-state index in [0.29, 0.717) is 5.92 Å². The number of nitrogens with two attached hydrogens (primary N) is 1. The van der Waals surface area contributed by atoms with Crippen molar-refractivity contribution >= 4 is 11.4 Å². The molecule has 0 heterocycles. The zero-order valence-corrected chi connectivity index (χ0v) is 9.97. The molecule has 2 rings (SSSR count). The normalized spacial score (nSPS) is 24.6. The van der Waals surface area contributed by atoms with Gasteiger partial charge >= 0.3 is 0 Å². The van der Waals surface area contributed by atoms with Crippen LogP contribution in [0.5, 0.6) is 0 Å². The molecule has 17 heavy (non-hydrogen) atoms. The fourth-order valence-corrected chi connectivity index (χ4v) is 2.45. The molecule has 0 amide bonds. The lowest BCUT2D eigenvalue weighted by molar-refractivity contribution is 0.347. The largest absolute Gasteiger partial charge is 0.399 e. The van der Waals surface area contributed by atoms with Gasteiger partial charge in [-0.25, -0.2) is 8.78 Å². The van der Waals surface area contributed by atoms with Crippen molar-refractivity contribution in [2.45, 2.75) is 38.6 Å². The zero-order valence-electron chi connectivity index (χ0n) is 9.97.